The van der Waals surface area contributed by atoms with Crippen molar-refractivity contribution >= 4 is 21.6 Å². The van der Waals surface area contributed by atoms with Gasteiger partial charge in [0.15, 0.2) is 5.75 Å². The number of fused-ring (bicyclic) bond motifs is 1. The van der Waals surface area contributed by atoms with Gasteiger partial charge in [-0.1, -0.05) is 28.9 Å². The third-order valence-corrected chi connectivity index (χ3v) is 3.53. The Morgan fingerprint density at radius 2 is 2.25 bits per heavy atom. The molecule has 0 spiro atoms. The summed E-state index contributed by atoms with van der Waals surface area (Å²) in [7, 11) is 0. The highest BCUT2D eigenvalue weighted by Gasteiger charge is 2.13. The van der Waals surface area contributed by atoms with Gasteiger partial charge in [0.05, 0.1) is 18.1 Å². The van der Waals surface area contributed by atoms with Crippen LogP contribution in [0.5, 0.6) is 11.6 Å². The van der Waals surface area contributed by atoms with Gasteiger partial charge in [-0.3, -0.25) is 9.08 Å². The van der Waals surface area contributed by atoms with Crippen molar-refractivity contribution < 1.29 is 4.74 Å². The molecule has 0 aliphatic rings. The van der Waals surface area contributed by atoms with Crippen LogP contribution in [0.4, 0.5) is 0 Å². The Morgan fingerprint density at radius 3 is 3.05 bits per heavy atom. The zero-order chi connectivity index (χ0) is 13.9. The molecule has 0 bridgehead atoms. The molecule has 0 aliphatic carbocycles. The first-order valence-electron chi connectivity index (χ1n) is 6.54. The van der Waals surface area contributed by atoms with Crippen molar-refractivity contribution in [2.75, 3.05) is 0 Å². The highest BCUT2D eigenvalue weighted by atomic mass is 79.9. The summed E-state index contributed by atoms with van der Waals surface area (Å²) in [6, 6.07) is 5.90. The molecule has 0 aliphatic heterocycles. The molecule has 0 atom stereocenters. The molecule has 5 nitrogen and oxygen atoms in total. The highest BCUT2D eigenvalue weighted by Crippen LogP contribution is 2.27. The Balaban J connectivity index is 1.93. The molecule has 3 aromatic heterocycles. The van der Waals surface area contributed by atoms with Gasteiger partial charge in [0.2, 0.25) is 5.88 Å². The van der Waals surface area contributed by atoms with Gasteiger partial charge in [0.1, 0.15) is 5.65 Å². The summed E-state index contributed by atoms with van der Waals surface area (Å²) in [5.41, 5.74) is 1.86. The van der Waals surface area contributed by atoms with E-state index < -0.39 is 0 Å². The van der Waals surface area contributed by atoms with Gasteiger partial charge in [-0.05, 0) is 18.6 Å². The molecule has 0 radical (unpaired) electrons. The van der Waals surface area contributed by atoms with Crippen molar-refractivity contribution in [3.63, 3.8) is 0 Å². The van der Waals surface area contributed by atoms with Gasteiger partial charge >= 0.3 is 0 Å². The molecule has 104 valence electrons. The molecule has 0 amide bonds. The van der Waals surface area contributed by atoms with Crippen LogP contribution >= 0.6 is 15.9 Å². The Hall–Kier alpha value is -1.82. The van der Waals surface area contributed by atoms with Crippen molar-refractivity contribution in [1.82, 2.24) is 19.2 Å². The number of alkyl halides is 1. The quantitative estimate of drug-likeness (QED) is 0.669. The van der Waals surface area contributed by atoms with E-state index in [2.05, 4.69) is 32.9 Å². The monoisotopic (exact) mass is 334 g/mol. The second-order valence-electron chi connectivity index (χ2n) is 4.47. The van der Waals surface area contributed by atoms with Crippen molar-refractivity contribution in [1.29, 1.82) is 0 Å². The number of rotatable bonds is 5. The van der Waals surface area contributed by atoms with E-state index in [9.17, 15) is 0 Å². The number of aromatic nitrogens is 4. The third-order valence-electron chi connectivity index (χ3n) is 3.00. The third kappa shape index (κ3) is 2.43. The fraction of sp³-hybridized carbons (Fsp3) is 0.286. The fourth-order valence-corrected chi connectivity index (χ4v) is 2.60. The number of halogens is 1. The zero-order valence-corrected chi connectivity index (χ0v) is 12.7. The van der Waals surface area contributed by atoms with E-state index in [4.69, 9.17) is 4.74 Å². The summed E-state index contributed by atoms with van der Waals surface area (Å²) in [5, 5.41) is 4.93. The molecule has 0 fully saturated rings. The van der Waals surface area contributed by atoms with Crippen LogP contribution < -0.4 is 4.74 Å². The maximum atomic E-state index is 5.87. The van der Waals surface area contributed by atoms with Gasteiger partial charge < -0.3 is 4.74 Å². The Labute approximate surface area is 125 Å². The van der Waals surface area contributed by atoms with E-state index in [0.29, 0.717) is 17.0 Å². The number of hydrogen-bond donors (Lipinski definition) is 0. The molecular weight excluding hydrogens is 320 g/mol. The van der Waals surface area contributed by atoms with Gasteiger partial charge in [-0.25, -0.2) is 0 Å². The molecule has 3 rings (SSSR count). The largest absolute Gasteiger partial charge is 0.434 e. The number of nitrogens with zero attached hydrogens (tertiary/aromatic N) is 4. The first-order chi connectivity index (χ1) is 9.81. The Morgan fingerprint density at radius 1 is 1.35 bits per heavy atom. The van der Waals surface area contributed by atoms with E-state index >= 15 is 0 Å². The minimum Gasteiger partial charge on any atom is -0.434 e. The van der Waals surface area contributed by atoms with E-state index in [1.54, 1.807) is 6.20 Å². The summed E-state index contributed by atoms with van der Waals surface area (Å²) in [5.74, 6) is 1.33. The number of imidazole rings is 1. The lowest BCUT2D eigenvalue weighted by atomic mass is 10.4. The topological polar surface area (TPSA) is 44.4 Å². The predicted molar refractivity (Wildman–Crippen MR) is 80.4 cm³/mol. The van der Waals surface area contributed by atoms with Crippen LogP contribution in [0.1, 0.15) is 19.0 Å². The van der Waals surface area contributed by atoms with Gasteiger partial charge in [-0.15, -0.1) is 0 Å². The molecule has 0 saturated heterocycles. The standard InChI is InChI=1S/C14H15BrN4O/c1-2-6-18-10-11(9-16-18)20-14-12(8-15)19-7-4-3-5-13(19)17-14/h3-5,7,9-10H,2,6,8H2,1H3. The van der Waals surface area contributed by atoms with E-state index in [-0.39, 0.29) is 0 Å². The van der Waals surface area contributed by atoms with Crippen molar-refractivity contribution in [2.24, 2.45) is 0 Å². The van der Waals surface area contributed by atoms with Crippen LogP contribution in [0.25, 0.3) is 5.65 Å². The van der Waals surface area contributed by atoms with Gasteiger partial charge in [0, 0.05) is 18.1 Å². The summed E-state index contributed by atoms with van der Waals surface area (Å²) in [6.07, 6.45) is 6.64. The zero-order valence-electron chi connectivity index (χ0n) is 11.2. The lowest BCUT2D eigenvalue weighted by molar-refractivity contribution is 0.460. The van der Waals surface area contributed by atoms with Crippen LogP contribution in [0.2, 0.25) is 0 Å². The first kappa shape index (κ1) is 13.2. The molecule has 0 saturated carbocycles. The van der Waals surface area contributed by atoms with Crippen LogP contribution in [0, 0.1) is 0 Å². The summed E-state index contributed by atoms with van der Waals surface area (Å²) < 4.78 is 9.76. The second kappa shape index (κ2) is 5.66. The maximum absolute atomic E-state index is 5.87. The lowest BCUT2D eigenvalue weighted by Gasteiger charge is -2.01. The van der Waals surface area contributed by atoms with Crippen LogP contribution in [0.3, 0.4) is 0 Å². The molecular formula is C14H15BrN4O. The summed E-state index contributed by atoms with van der Waals surface area (Å²) in [4.78, 5) is 4.51. The molecule has 0 aromatic carbocycles. The summed E-state index contributed by atoms with van der Waals surface area (Å²) >= 11 is 3.49. The van der Waals surface area contributed by atoms with Crippen LogP contribution in [-0.2, 0) is 11.9 Å². The average molecular weight is 335 g/mol. The average Bonchev–Trinajstić information content (AvgIpc) is 3.03. The smallest absolute Gasteiger partial charge is 0.242 e. The molecule has 0 N–H and O–H groups in total. The van der Waals surface area contributed by atoms with E-state index in [1.807, 2.05) is 39.7 Å². The predicted octanol–water partition coefficient (Wildman–Crippen LogP) is 3.63. The Bertz CT molecular complexity index is 719. The van der Waals surface area contributed by atoms with Crippen LogP contribution in [-0.4, -0.2) is 19.2 Å². The maximum Gasteiger partial charge on any atom is 0.242 e. The second-order valence-corrected chi connectivity index (χ2v) is 5.03. The molecule has 6 heteroatoms. The fourth-order valence-electron chi connectivity index (χ4n) is 2.09. The van der Waals surface area contributed by atoms with Gasteiger partial charge in [-0.2, -0.15) is 10.1 Å². The normalized spacial score (nSPS) is 11.1. The molecule has 3 aromatic rings. The molecule has 3 heterocycles. The minimum absolute atomic E-state index is 0.615. The van der Waals surface area contributed by atoms with Crippen molar-refractivity contribution in [3.8, 4) is 11.6 Å². The lowest BCUT2D eigenvalue weighted by Crippen LogP contribution is -1.95. The first-order valence-corrected chi connectivity index (χ1v) is 7.66. The number of ether oxygens (including phenoxy) is 1. The highest BCUT2D eigenvalue weighted by molar-refractivity contribution is 9.08. The minimum atomic E-state index is 0.615. The Kier molecular flexibility index (Phi) is 3.73. The number of aryl methyl sites for hydroxylation is 1. The molecule has 0 unspecified atom stereocenters. The van der Waals surface area contributed by atoms with Crippen molar-refractivity contribution in [2.45, 2.75) is 25.2 Å². The van der Waals surface area contributed by atoms with Gasteiger partial charge in [0.25, 0.3) is 0 Å². The SMILES string of the molecule is CCCn1cc(Oc2nc3ccccn3c2CBr)cn1. The molecule has 20 heavy (non-hydrogen) atoms. The summed E-state index contributed by atoms with van der Waals surface area (Å²) in [6.45, 7) is 3.01. The van der Waals surface area contributed by atoms with Crippen molar-refractivity contribution in [3.05, 3.63) is 42.5 Å². The van der Waals surface area contributed by atoms with E-state index in [1.165, 1.54) is 0 Å². The number of hydrogen-bond acceptors (Lipinski definition) is 3. The number of pyridine rings is 1. The van der Waals surface area contributed by atoms with E-state index in [0.717, 1.165) is 24.3 Å². The van der Waals surface area contributed by atoms with Crippen LogP contribution in [0.15, 0.2) is 36.8 Å².